The number of hydrogen-bond donors (Lipinski definition) is 1. The number of benzene rings is 3. The molecule has 2 amide bonds. The van der Waals surface area contributed by atoms with Crippen molar-refractivity contribution in [2.24, 2.45) is 0 Å². The number of hydrogen-bond acceptors (Lipinski definition) is 3. The summed E-state index contributed by atoms with van der Waals surface area (Å²) in [6, 6.07) is 23.5. The van der Waals surface area contributed by atoms with Crippen molar-refractivity contribution in [3.8, 4) is 5.75 Å². The van der Waals surface area contributed by atoms with E-state index in [4.69, 9.17) is 4.74 Å². The molecule has 1 aliphatic rings. The standard InChI is InChI=1S/C33H40N2O3/c1-24-17-18-25(2)28(19-24)22-32(36)35(23-27-13-10-16-30(20-27)38-3)31(21-26-11-6-4-7-12-26)33(37)34-29-14-8-5-9-15-29/h4,6-7,10-13,16-20,29,31H,5,8-9,14-15,21-23H2,1-3H3,(H,34,37)/t31-/m0/s1. The molecule has 1 aliphatic carbocycles. The Balaban J connectivity index is 1.68. The van der Waals surface area contributed by atoms with Crippen LogP contribution in [0.5, 0.6) is 5.75 Å². The van der Waals surface area contributed by atoms with Gasteiger partial charge in [-0.1, -0.05) is 85.5 Å². The second-order valence-electron chi connectivity index (χ2n) is 10.5. The molecule has 0 bridgehead atoms. The van der Waals surface area contributed by atoms with E-state index in [1.54, 1.807) is 12.0 Å². The Bertz CT molecular complexity index is 1220. The Labute approximate surface area is 227 Å². The number of nitrogens with one attached hydrogen (secondary N) is 1. The van der Waals surface area contributed by atoms with E-state index in [1.807, 2.05) is 68.4 Å². The van der Waals surface area contributed by atoms with E-state index >= 15 is 0 Å². The third kappa shape index (κ3) is 7.47. The highest BCUT2D eigenvalue weighted by molar-refractivity contribution is 5.89. The first-order chi connectivity index (χ1) is 18.4. The highest BCUT2D eigenvalue weighted by Crippen LogP contribution is 2.22. The second kappa shape index (κ2) is 13.3. The molecule has 0 saturated heterocycles. The summed E-state index contributed by atoms with van der Waals surface area (Å²) in [6.45, 7) is 4.40. The molecule has 0 spiro atoms. The van der Waals surface area contributed by atoms with Crippen LogP contribution < -0.4 is 10.1 Å². The molecule has 0 unspecified atom stereocenters. The molecule has 3 aromatic rings. The van der Waals surface area contributed by atoms with Crippen LogP contribution in [0.1, 0.15) is 59.9 Å². The van der Waals surface area contributed by atoms with Crippen molar-refractivity contribution in [3.63, 3.8) is 0 Å². The van der Waals surface area contributed by atoms with Crippen molar-refractivity contribution in [3.05, 3.63) is 101 Å². The molecular formula is C33H40N2O3. The third-order valence-electron chi connectivity index (χ3n) is 7.56. The van der Waals surface area contributed by atoms with Gasteiger partial charge < -0.3 is 15.0 Å². The van der Waals surface area contributed by atoms with Gasteiger partial charge in [-0.3, -0.25) is 9.59 Å². The number of aryl methyl sites for hydroxylation is 2. The smallest absolute Gasteiger partial charge is 0.243 e. The Morgan fingerprint density at radius 3 is 2.39 bits per heavy atom. The Morgan fingerprint density at radius 2 is 1.66 bits per heavy atom. The van der Waals surface area contributed by atoms with Crippen LogP contribution in [0.4, 0.5) is 0 Å². The van der Waals surface area contributed by atoms with Crippen LogP contribution in [-0.2, 0) is 29.0 Å². The Morgan fingerprint density at radius 1 is 0.921 bits per heavy atom. The predicted molar refractivity (Wildman–Crippen MR) is 152 cm³/mol. The van der Waals surface area contributed by atoms with Gasteiger partial charge in [0.2, 0.25) is 11.8 Å². The van der Waals surface area contributed by atoms with Crippen LogP contribution in [0.15, 0.2) is 72.8 Å². The molecule has 0 aliphatic heterocycles. The molecule has 1 N–H and O–H groups in total. The predicted octanol–water partition coefficient (Wildman–Crippen LogP) is 5.94. The SMILES string of the molecule is COc1cccc(CN(C(=O)Cc2cc(C)ccc2C)[C@@H](Cc2ccccc2)C(=O)NC2CCCCC2)c1. The van der Waals surface area contributed by atoms with Gasteiger partial charge >= 0.3 is 0 Å². The zero-order chi connectivity index (χ0) is 26.9. The molecule has 1 atom stereocenters. The van der Waals surface area contributed by atoms with E-state index in [9.17, 15) is 9.59 Å². The van der Waals surface area contributed by atoms with Crippen LogP contribution in [-0.4, -0.2) is 35.9 Å². The van der Waals surface area contributed by atoms with Crippen LogP contribution >= 0.6 is 0 Å². The molecule has 4 rings (SSSR count). The monoisotopic (exact) mass is 512 g/mol. The van der Waals surface area contributed by atoms with Crippen molar-refractivity contribution >= 4 is 11.8 Å². The summed E-state index contributed by atoms with van der Waals surface area (Å²) in [5.74, 6) is 0.606. The minimum absolute atomic E-state index is 0.0544. The fraction of sp³-hybridized carbons (Fsp3) is 0.394. The maximum atomic E-state index is 14.1. The number of nitrogens with zero attached hydrogens (tertiary/aromatic N) is 1. The summed E-state index contributed by atoms with van der Waals surface area (Å²) in [6.07, 6.45) is 6.19. The number of carbonyl (C=O) groups is 2. The van der Waals surface area contributed by atoms with Crippen molar-refractivity contribution in [1.82, 2.24) is 10.2 Å². The number of rotatable bonds is 10. The van der Waals surface area contributed by atoms with E-state index in [-0.39, 0.29) is 24.3 Å². The zero-order valence-electron chi connectivity index (χ0n) is 22.9. The maximum absolute atomic E-state index is 14.1. The number of carbonyl (C=O) groups excluding carboxylic acids is 2. The lowest BCUT2D eigenvalue weighted by atomic mass is 9.94. The topological polar surface area (TPSA) is 58.6 Å². The second-order valence-corrected chi connectivity index (χ2v) is 10.5. The molecule has 5 heteroatoms. The van der Waals surface area contributed by atoms with E-state index in [0.717, 1.165) is 59.3 Å². The minimum Gasteiger partial charge on any atom is -0.497 e. The quantitative estimate of drug-likeness (QED) is 0.366. The molecule has 5 nitrogen and oxygen atoms in total. The highest BCUT2D eigenvalue weighted by atomic mass is 16.5. The zero-order valence-corrected chi connectivity index (χ0v) is 22.9. The molecule has 3 aromatic carbocycles. The molecule has 38 heavy (non-hydrogen) atoms. The fourth-order valence-corrected chi connectivity index (χ4v) is 5.32. The van der Waals surface area contributed by atoms with E-state index < -0.39 is 6.04 Å². The first-order valence-electron chi connectivity index (χ1n) is 13.8. The molecule has 1 fully saturated rings. The normalized spacial score (nSPS) is 14.5. The Hall–Kier alpha value is -3.60. The van der Waals surface area contributed by atoms with Crippen molar-refractivity contribution in [1.29, 1.82) is 0 Å². The molecule has 0 heterocycles. The summed E-state index contributed by atoms with van der Waals surface area (Å²) in [7, 11) is 1.64. The maximum Gasteiger partial charge on any atom is 0.243 e. The van der Waals surface area contributed by atoms with Gasteiger partial charge in [0.1, 0.15) is 11.8 Å². The van der Waals surface area contributed by atoms with Gasteiger partial charge in [-0.05, 0) is 61.1 Å². The lowest BCUT2D eigenvalue weighted by Gasteiger charge is -2.34. The first kappa shape index (κ1) is 27.4. The third-order valence-corrected chi connectivity index (χ3v) is 7.56. The van der Waals surface area contributed by atoms with Gasteiger partial charge in [-0.25, -0.2) is 0 Å². The van der Waals surface area contributed by atoms with Crippen LogP contribution in [0.3, 0.4) is 0 Å². The first-order valence-corrected chi connectivity index (χ1v) is 13.8. The number of methoxy groups -OCH3 is 1. The number of amides is 2. The molecular weight excluding hydrogens is 472 g/mol. The summed E-state index contributed by atoms with van der Waals surface area (Å²) in [5, 5.41) is 3.31. The average molecular weight is 513 g/mol. The van der Waals surface area contributed by atoms with Gasteiger partial charge in [0, 0.05) is 19.0 Å². The lowest BCUT2D eigenvalue weighted by Crippen LogP contribution is -2.53. The van der Waals surface area contributed by atoms with Gasteiger partial charge in [-0.2, -0.15) is 0 Å². The summed E-state index contributed by atoms with van der Waals surface area (Å²) in [5.41, 5.74) is 5.16. The van der Waals surface area contributed by atoms with Gasteiger partial charge in [0.05, 0.1) is 13.5 Å². The van der Waals surface area contributed by atoms with Crippen molar-refractivity contribution in [2.75, 3.05) is 7.11 Å². The van der Waals surface area contributed by atoms with Crippen LogP contribution in [0.2, 0.25) is 0 Å². The summed E-state index contributed by atoms with van der Waals surface area (Å²) in [4.78, 5) is 29.8. The lowest BCUT2D eigenvalue weighted by molar-refractivity contribution is -0.141. The largest absolute Gasteiger partial charge is 0.497 e. The van der Waals surface area contributed by atoms with Crippen molar-refractivity contribution < 1.29 is 14.3 Å². The van der Waals surface area contributed by atoms with E-state index in [2.05, 4.69) is 23.5 Å². The Kier molecular flexibility index (Phi) is 9.58. The molecule has 1 saturated carbocycles. The molecule has 0 aromatic heterocycles. The van der Waals surface area contributed by atoms with E-state index in [0.29, 0.717) is 13.0 Å². The van der Waals surface area contributed by atoms with Crippen molar-refractivity contribution in [2.45, 2.75) is 77.4 Å². The van der Waals surface area contributed by atoms with Gasteiger partial charge in [-0.15, -0.1) is 0 Å². The number of ether oxygens (including phenoxy) is 1. The van der Waals surface area contributed by atoms with Crippen LogP contribution in [0, 0.1) is 13.8 Å². The van der Waals surface area contributed by atoms with Crippen LogP contribution in [0.25, 0.3) is 0 Å². The van der Waals surface area contributed by atoms with E-state index in [1.165, 1.54) is 6.42 Å². The highest BCUT2D eigenvalue weighted by Gasteiger charge is 2.32. The fourth-order valence-electron chi connectivity index (χ4n) is 5.32. The van der Waals surface area contributed by atoms with Gasteiger partial charge in [0.25, 0.3) is 0 Å². The minimum atomic E-state index is -0.622. The summed E-state index contributed by atoms with van der Waals surface area (Å²) < 4.78 is 5.44. The molecule has 0 radical (unpaired) electrons. The average Bonchev–Trinajstić information content (AvgIpc) is 2.93. The summed E-state index contributed by atoms with van der Waals surface area (Å²) >= 11 is 0. The molecule has 200 valence electrons. The van der Waals surface area contributed by atoms with Gasteiger partial charge in [0.15, 0.2) is 0 Å².